The molecule has 0 bridgehead atoms. The van der Waals surface area contributed by atoms with E-state index in [4.69, 9.17) is 0 Å². The van der Waals surface area contributed by atoms with Crippen LogP contribution in [0.1, 0.15) is 32.4 Å². The van der Waals surface area contributed by atoms with E-state index in [1.54, 1.807) is 45.0 Å². The SMILES string of the molecule is CNC(C)(C)C(=O)N(C)C(C)c1cccc([N+](=O)[O-])c1. The van der Waals surface area contributed by atoms with Gasteiger partial charge >= 0.3 is 0 Å². The Morgan fingerprint density at radius 1 is 1.45 bits per heavy atom. The lowest BCUT2D eigenvalue weighted by Crippen LogP contribution is -2.52. The highest BCUT2D eigenvalue weighted by Crippen LogP contribution is 2.24. The molecule has 20 heavy (non-hydrogen) atoms. The average Bonchev–Trinajstić information content (AvgIpc) is 2.44. The third-order valence-corrected chi connectivity index (χ3v) is 3.62. The average molecular weight is 279 g/mol. The van der Waals surface area contributed by atoms with Gasteiger partial charge in [-0.15, -0.1) is 0 Å². The van der Waals surface area contributed by atoms with Crippen LogP contribution in [0, 0.1) is 10.1 Å². The number of non-ortho nitro benzene ring substituents is 1. The van der Waals surface area contributed by atoms with Gasteiger partial charge in [0.2, 0.25) is 5.91 Å². The molecule has 110 valence electrons. The zero-order valence-electron chi connectivity index (χ0n) is 12.5. The highest BCUT2D eigenvalue weighted by molar-refractivity contribution is 5.85. The smallest absolute Gasteiger partial charge is 0.269 e. The summed E-state index contributed by atoms with van der Waals surface area (Å²) in [6.07, 6.45) is 0. The third kappa shape index (κ3) is 3.33. The number of hydrogen-bond donors (Lipinski definition) is 1. The number of nitro groups is 1. The number of hydrogen-bond acceptors (Lipinski definition) is 4. The maximum Gasteiger partial charge on any atom is 0.269 e. The number of nitrogens with zero attached hydrogens (tertiary/aromatic N) is 2. The summed E-state index contributed by atoms with van der Waals surface area (Å²) >= 11 is 0. The van der Waals surface area contributed by atoms with Crippen LogP contribution in [0.25, 0.3) is 0 Å². The highest BCUT2D eigenvalue weighted by atomic mass is 16.6. The molecular weight excluding hydrogens is 258 g/mol. The summed E-state index contributed by atoms with van der Waals surface area (Å²) in [5.74, 6) is -0.0704. The molecular formula is C14H21N3O3. The molecule has 1 N–H and O–H groups in total. The molecule has 1 aromatic rings. The van der Waals surface area contributed by atoms with Gasteiger partial charge in [0, 0.05) is 19.2 Å². The minimum Gasteiger partial charge on any atom is -0.337 e. The Morgan fingerprint density at radius 2 is 2.05 bits per heavy atom. The van der Waals surface area contributed by atoms with Crippen molar-refractivity contribution >= 4 is 11.6 Å². The molecule has 1 rings (SSSR count). The van der Waals surface area contributed by atoms with Crippen LogP contribution in [0.5, 0.6) is 0 Å². The largest absolute Gasteiger partial charge is 0.337 e. The molecule has 0 aliphatic carbocycles. The Morgan fingerprint density at radius 3 is 2.55 bits per heavy atom. The normalized spacial score (nSPS) is 12.8. The number of nitrogens with one attached hydrogen (secondary N) is 1. The van der Waals surface area contributed by atoms with Crippen LogP contribution in [0.4, 0.5) is 5.69 Å². The van der Waals surface area contributed by atoms with E-state index in [2.05, 4.69) is 5.32 Å². The quantitative estimate of drug-likeness (QED) is 0.661. The van der Waals surface area contributed by atoms with Gasteiger partial charge < -0.3 is 10.2 Å². The summed E-state index contributed by atoms with van der Waals surface area (Å²) in [5, 5.41) is 13.8. The van der Waals surface area contributed by atoms with Gasteiger partial charge in [-0.25, -0.2) is 0 Å². The predicted octanol–water partition coefficient (Wildman–Crippen LogP) is 2.11. The third-order valence-electron chi connectivity index (χ3n) is 3.62. The van der Waals surface area contributed by atoms with Gasteiger partial charge in [-0.1, -0.05) is 12.1 Å². The molecule has 1 aromatic carbocycles. The molecule has 0 spiro atoms. The first kappa shape index (κ1) is 16.1. The summed E-state index contributed by atoms with van der Waals surface area (Å²) in [6.45, 7) is 5.45. The molecule has 0 aliphatic rings. The van der Waals surface area contributed by atoms with Crippen molar-refractivity contribution in [1.82, 2.24) is 10.2 Å². The van der Waals surface area contributed by atoms with E-state index in [0.717, 1.165) is 5.56 Å². The van der Waals surface area contributed by atoms with Gasteiger partial charge in [-0.05, 0) is 33.4 Å². The molecule has 0 saturated heterocycles. The summed E-state index contributed by atoms with van der Waals surface area (Å²) in [5.41, 5.74) is 0.0917. The molecule has 6 nitrogen and oxygen atoms in total. The number of amides is 1. The van der Waals surface area contributed by atoms with Crippen LogP contribution in [0.2, 0.25) is 0 Å². The summed E-state index contributed by atoms with van der Waals surface area (Å²) < 4.78 is 0. The van der Waals surface area contributed by atoms with Gasteiger partial charge in [-0.3, -0.25) is 14.9 Å². The first-order valence-electron chi connectivity index (χ1n) is 6.41. The van der Waals surface area contributed by atoms with Crippen molar-refractivity contribution in [3.05, 3.63) is 39.9 Å². The van der Waals surface area contributed by atoms with Crippen molar-refractivity contribution in [3.8, 4) is 0 Å². The molecule has 0 heterocycles. The number of carbonyl (C=O) groups is 1. The van der Waals surface area contributed by atoms with E-state index >= 15 is 0 Å². The Balaban J connectivity index is 3.00. The van der Waals surface area contributed by atoms with Crippen LogP contribution < -0.4 is 5.32 Å². The summed E-state index contributed by atoms with van der Waals surface area (Å²) in [6, 6.07) is 6.12. The number of carbonyl (C=O) groups excluding carboxylic acids is 1. The van der Waals surface area contributed by atoms with Crippen molar-refractivity contribution in [1.29, 1.82) is 0 Å². The van der Waals surface area contributed by atoms with Gasteiger partial charge in [0.05, 0.1) is 16.5 Å². The molecule has 0 saturated carbocycles. The lowest BCUT2D eigenvalue weighted by atomic mass is 10.0. The highest BCUT2D eigenvalue weighted by Gasteiger charge is 2.31. The summed E-state index contributed by atoms with van der Waals surface area (Å²) in [7, 11) is 3.43. The van der Waals surface area contributed by atoms with Crippen LogP contribution in [0.3, 0.4) is 0 Å². The fourth-order valence-electron chi connectivity index (χ4n) is 1.85. The second-order valence-corrected chi connectivity index (χ2v) is 5.32. The molecule has 0 aliphatic heterocycles. The zero-order chi connectivity index (χ0) is 15.5. The maximum atomic E-state index is 12.4. The van der Waals surface area contributed by atoms with Crippen LogP contribution in [-0.2, 0) is 4.79 Å². The van der Waals surface area contributed by atoms with Gasteiger partial charge in [0.1, 0.15) is 0 Å². The van der Waals surface area contributed by atoms with E-state index in [-0.39, 0.29) is 17.6 Å². The lowest BCUT2D eigenvalue weighted by molar-refractivity contribution is -0.384. The van der Waals surface area contributed by atoms with Gasteiger partial charge in [0.25, 0.3) is 5.69 Å². The fraction of sp³-hybridized carbons (Fsp3) is 0.500. The van der Waals surface area contributed by atoms with Crippen LogP contribution >= 0.6 is 0 Å². The number of nitro benzene ring substituents is 1. The Kier molecular flexibility index (Phi) is 4.83. The van der Waals surface area contributed by atoms with Gasteiger partial charge in [-0.2, -0.15) is 0 Å². The molecule has 6 heteroatoms. The minimum atomic E-state index is -0.677. The second kappa shape index (κ2) is 6.00. The standard InChI is InChI=1S/C14H21N3O3/c1-10(16(5)13(18)14(2,3)15-4)11-7-6-8-12(9-11)17(19)20/h6-10,15H,1-5H3. The van der Waals surface area contributed by atoms with E-state index < -0.39 is 10.5 Å². The maximum absolute atomic E-state index is 12.4. The number of benzene rings is 1. The van der Waals surface area contributed by atoms with Crippen molar-refractivity contribution in [2.75, 3.05) is 14.1 Å². The minimum absolute atomic E-state index is 0.0306. The topological polar surface area (TPSA) is 75.5 Å². The van der Waals surface area contributed by atoms with Gasteiger partial charge in [0.15, 0.2) is 0 Å². The molecule has 1 unspecified atom stereocenters. The van der Waals surface area contributed by atoms with Crippen molar-refractivity contribution in [2.45, 2.75) is 32.4 Å². The van der Waals surface area contributed by atoms with Crippen molar-refractivity contribution in [3.63, 3.8) is 0 Å². The molecule has 0 fully saturated rings. The number of rotatable bonds is 5. The second-order valence-electron chi connectivity index (χ2n) is 5.32. The van der Waals surface area contributed by atoms with E-state index in [1.807, 2.05) is 6.92 Å². The Labute approximate surface area is 118 Å². The van der Waals surface area contributed by atoms with Crippen molar-refractivity contribution < 1.29 is 9.72 Å². The lowest BCUT2D eigenvalue weighted by Gasteiger charge is -2.33. The Hall–Kier alpha value is -1.95. The van der Waals surface area contributed by atoms with Crippen LogP contribution in [0.15, 0.2) is 24.3 Å². The van der Waals surface area contributed by atoms with Crippen molar-refractivity contribution in [2.24, 2.45) is 0 Å². The fourth-order valence-corrected chi connectivity index (χ4v) is 1.85. The zero-order valence-corrected chi connectivity index (χ0v) is 12.5. The predicted molar refractivity (Wildman–Crippen MR) is 77.4 cm³/mol. The first-order chi connectivity index (χ1) is 9.20. The van der Waals surface area contributed by atoms with Crippen LogP contribution in [-0.4, -0.2) is 35.4 Å². The first-order valence-corrected chi connectivity index (χ1v) is 6.41. The number of likely N-dealkylation sites (N-methyl/N-ethyl adjacent to an activating group) is 2. The van der Waals surface area contributed by atoms with E-state index in [9.17, 15) is 14.9 Å². The van der Waals surface area contributed by atoms with E-state index in [1.165, 1.54) is 12.1 Å². The summed E-state index contributed by atoms with van der Waals surface area (Å²) in [4.78, 5) is 24.3. The van der Waals surface area contributed by atoms with E-state index in [0.29, 0.717) is 0 Å². The molecule has 1 amide bonds. The molecule has 0 aromatic heterocycles. The Bertz CT molecular complexity index is 514. The molecule has 1 atom stereocenters. The molecule has 0 radical (unpaired) electrons. The monoisotopic (exact) mass is 279 g/mol.